The fraction of sp³-hybridized carbons (Fsp3) is 0.156. The topological polar surface area (TPSA) is 84.4 Å². The molecule has 1 fully saturated rings. The first kappa shape index (κ1) is 29.1. The maximum atomic E-state index is 12.5. The van der Waals surface area contributed by atoms with E-state index >= 15 is 0 Å². The second-order valence-electron chi connectivity index (χ2n) is 10.1. The molecule has 222 valence electrons. The number of halogens is 3. The highest BCUT2D eigenvalue weighted by Gasteiger charge is 2.31. The molecule has 1 saturated heterocycles. The molecule has 4 aromatic carbocycles. The number of para-hydroxylation sites is 1. The minimum Gasteiger partial charge on any atom is -0.406 e. The molecule has 0 N–H and O–H groups in total. The lowest BCUT2D eigenvalue weighted by atomic mass is 10.1. The van der Waals surface area contributed by atoms with Gasteiger partial charge in [0.15, 0.2) is 5.17 Å². The van der Waals surface area contributed by atoms with Gasteiger partial charge in [-0.15, -0.1) is 18.3 Å². The van der Waals surface area contributed by atoms with Gasteiger partial charge < -0.3 is 4.74 Å². The molecule has 1 aromatic heterocycles. The number of aliphatic imine (C=N–C) groups is 1. The number of amidine groups is 2. The van der Waals surface area contributed by atoms with Gasteiger partial charge in [0.05, 0.1) is 28.7 Å². The molecule has 0 spiro atoms. The average molecular weight is 615 g/mol. The molecule has 6 rings (SSSR count). The molecule has 0 aliphatic carbocycles. The smallest absolute Gasteiger partial charge is 0.406 e. The largest absolute Gasteiger partial charge is 0.573 e. The van der Waals surface area contributed by atoms with Crippen LogP contribution in [0.15, 0.2) is 94.3 Å². The Morgan fingerprint density at radius 1 is 1.02 bits per heavy atom. The van der Waals surface area contributed by atoms with E-state index in [1.54, 1.807) is 24.7 Å². The van der Waals surface area contributed by atoms with Gasteiger partial charge in [-0.2, -0.15) is 10.1 Å². The van der Waals surface area contributed by atoms with Gasteiger partial charge in [-0.25, -0.2) is 4.98 Å². The number of nitrogens with zero attached hydrogens (tertiary/aromatic N) is 6. The van der Waals surface area contributed by atoms with E-state index in [1.165, 1.54) is 30.8 Å². The van der Waals surface area contributed by atoms with Gasteiger partial charge in [0.25, 0.3) is 0 Å². The number of imidazole rings is 1. The van der Waals surface area contributed by atoms with Crippen LogP contribution in [0.1, 0.15) is 23.6 Å². The zero-order valence-corrected chi connectivity index (χ0v) is 24.6. The lowest BCUT2D eigenvalue weighted by Gasteiger charge is -2.22. The summed E-state index contributed by atoms with van der Waals surface area (Å²) in [6.07, 6.45) is -1.44. The van der Waals surface area contributed by atoms with Gasteiger partial charge >= 0.3 is 6.36 Å². The van der Waals surface area contributed by atoms with Crippen LogP contribution in [0.3, 0.4) is 0 Å². The second kappa shape index (κ2) is 11.6. The lowest BCUT2D eigenvalue weighted by Crippen LogP contribution is -2.31. The number of amides is 1. The van der Waals surface area contributed by atoms with Crippen molar-refractivity contribution in [3.8, 4) is 11.4 Å². The number of hydrogen-bond donors (Lipinski definition) is 0. The van der Waals surface area contributed by atoms with E-state index < -0.39 is 6.36 Å². The predicted octanol–water partition coefficient (Wildman–Crippen LogP) is 7.58. The molecule has 5 aromatic rings. The maximum absolute atomic E-state index is 12.5. The Labute approximate surface area is 254 Å². The van der Waals surface area contributed by atoms with Crippen LogP contribution in [0.2, 0.25) is 0 Å². The second-order valence-corrected chi connectivity index (χ2v) is 11.1. The number of carbonyl (C=O) groups is 1. The molecule has 0 atom stereocenters. The summed E-state index contributed by atoms with van der Waals surface area (Å²) >= 11 is 1.47. The van der Waals surface area contributed by atoms with Crippen molar-refractivity contribution in [2.45, 2.75) is 27.1 Å². The molecular weight excluding hydrogens is 589 g/mol. The van der Waals surface area contributed by atoms with E-state index in [4.69, 9.17) is 0 Å². The number of fused-ring (bicyclic) bond motifs is 3. The molecule has 0 unspecified atom stereocenters. The highest BCUT2D eigenvalue weighted by atomic mass is 32.2. The number of aromatic nitrogens is 2. The number of thioether (sulfide) groups is 1. The fourth-order valence-electron chi connectivity index (χ4n) is 5.16. The Hall–Kier alpha value is -4.97. The number of carbonyl (C=O) groups excluding carboxylic acids is 1. The quantitative estimate of drug-likeness (QED) is 0.151. The van der Waals surface area contributed by atoms with Crippen LogP contribution in [-0.4, -0.2) is 44.8 Å². The summed E-state index contributed by atoms with van der Waals surface area (Å²) in [5, 5.41) is 11.4. The third-order valence-electron chi connectivity index (χ3n) is 6.98. The minimum atomic E-state index is -4.75. The van der Waals surface area contributed by atoms with Crippen molar-refractivity contribution < 1.29 is 22.7 Å². The van der Waals surface area contributed by atoms with Crippen LogP contribution >= 0.6 is 11.8 Å². The van der Waals surface area contributed by atoms with Crippen molar-refractivity contribution in [3.63, 3.8) is 0 Å². The van der Waals surface area contributed by atoms with Crippen LogP contribution in [0.25, 0.3) is 27.5 Å². The van der Waals surface area contributed by atoms with Crippen LogP contribution in [-0.2, 0) is 4.79 Å². The number of ether oxygens (including phenoxy) is 1. The first-order chi connectivity index (χ1) is 21.1. The molecule has 1 aliphatic rings. The van der Waals surface area contributed by atoms with Crippen molar-refractivity contribution in [2.75, 3.05) is 10.7 Å². The maximum Gasteiger partial charge on any atom is 0.573 e. The standard InChI is InChI=1S/C32H25F3N6O2S/c1-19-5-4-6-20(2)30(19)41-28(38-21(3)42)17-44-31(41)39-37-16-22-7-13-26-23(15-22)8-14-27-29(26)36-18-40(27)24-9-11-25(12-10-24)43-32(33,34)35/h4-16,18H,17H2,1-3H3/b37-16+,38-28?,39-31-. The van der Waals surface area contributed by atoms with E-state index in [9.17, 15) is 18.0 Å². The molecule has 44 heavy (non-hydrogen) atoms. The van der Waals surface area contributed by atoms with Gasteiger partial charge in [-0.1, -0.05) is 48.2 Å². The van der Waals surface area contributed by atoms with Crippen LogP contribution in [0, 0.1) is 13.8 Å². The van der Waals surface area contributed by atoms with Crippen molar-refractivity contribution in [1.82, 2.24) is 9.55 Å². The van der Waals surface area contributed by atoms with E-state index in [0.717, 1.165) is 44.2 Å². The Kier molecular flexibility index (Phi) is 7.68. The zero-order valence-electron chi connectivity index (χ0n) is 23.8. The number of hydrogen-bond acceptors (Lipinski definition) is 6. The summed E-state index contributed by atoms with van der Waals surface area (Å²) in [7, 11) is 0. The zero-order chi connectivity index (χ0) is 31.0. The summed E-state index contributed by atoms with van der Waals surface area (Å²) in [5.41, 5.74) is 6.06. The first-order valence-corrected chi connectivity index (χ1v) is 14.5. The summed E-state index contributed by atoms with van der Waals surface area (Å²) in [6.45, 7) is 5.45. The molecule has 12 heteroatoms. The third-order valence-corrected chi connectivity index (χ3v) is 7.91. The highest BCUT2D eigenvalue weighted by Crippen LogP contribution is 2.33. The number of alkyl halides is 3. The number of aryl methyl sites for hydroxylation is 2. The van der Waals surface area contributed by atoms with Gasteiger partial charge in [0.2, 0.25) is 5.91 Å². The van der Waals surface area contributed by atoms with E-state index in [2.05, 4.69) is 24.9 Å². The van der Waals surface area contributed by atoms with Crippen molar-refractivity contribution >= 4 is 62.4 Å². The molecule has 0 saturated carbocycles. The van der Waals surface area contributed by atoms with Gasteiger partial charge in [-0.05, 0) is 72.3 Å². The van der Waals surface area contributed by atoms with Crippen LogP contribution in [0.5, 0.6) is 5.75 Å². The number of anilines is 1. The summed E-state index contributed by atoms with van der Waals surface area (Å²) < 4.78 is 43.4. The summed E-state index contributed by atoms with van der Waals surface area (Å²) in [4.78, 5) is 22.5. The van der Waals surface area contributed by atoms with E-state index in [0.29, 0.717) is 22.4 Å². The fourth-order valence-corrected chi connectivity index (χ4v) is 6.04. The Balaban J connectivity index is 1.27. The molecule has 0 bridgehead atoms. The van der Waals surface area contributed by atoms with Gasteiger partial charge in [0.1, 0.15) is 17.9 Å². The SMILES string of the molecule is CC(=O)N=C1CS/C(=N\N=C\c2ccc3c(ccc4c3ncn4-c3ccc(OC(F)(F)F)cc3)c2)N1c1c(C)cccc1C. The number of rotatable bonds is 5. The van der Waals surface area contributed by atoms with E-state index in [-0.39, 0.29) is 11.7 Å². The Bertz CT molecular complexity index is 1980. The van der Waals surface area contributed by atoms with Crippen molar-refractivity contribution in [1.29, 1.82) is 0 Å². The molecular formula is C32H25F3N6O2S. The van der Waals surface area contributed by atoms with Gasteiger partial charge in [0, 0.05) is 18.0 Å². The summed E-state index contributed by atoms with van der Waals surface area (Å²) in [6, 6.07) is 21.4. The third kappa shape index (κ3) is 5.93. The van der Waals surface area contributed by atoms with Crippen molar-refractivity contribution in [2.24, 2.45) is 15.2 Å². The highest BCUT2D eigenvalue weighted by molar-refractivity contribution is 8.15. The average Bonchev–Trinajstić information content (AvgIpc) is 3.57. The van der Waals surface area contributed by atoms with Crippen molar-refractivity contribution in [3.05, 3.63) is 95.8 Å². The normalized spacial score (nSPS) is 15.8. The molecule has 1 amide bonds. The monoisotopic (exact) mass is 614 g/mol. The first-order valence-electron chi connectivity index (χ1n) is 13.5. The lowest BCUT2D eigenvalue weighted by molar-refractivity contribution is -0.274. The molecule has 1 aliphatic heterocycles. The summed E-state index contributed by atoms with van der Waals surface area (Å²) in [5.74, 6) is 0.564. The predicted molar refractivity (Wildman–Crippen MR) is 169 cm³/mol. The van der Waals surface area contributed by atoms with Crippen LogP contribution in [0.4, 0.5) is 18.9 Å². The molecule has 2 heterocycles. The molecule has 0 radical (unpaired) electrons. The minimum absolute atomic E-state index is 0.273. The molecule has 8 nitrogen and oxygen atoms in total. The Morgan fingerprint density at radius 2 is 1.77 bits per heavy atom. The van der Waals surface area contributed by atoms with Crippen LogP contribution < -0.4 is 9.64 Å². The number of benzene rings is 4. The Morgan fingerprint density at radius 3 is 2.48 bits per heavy atom. The van der Waals surface area contributed by atoms with Gasteiger partial charge in [-0.3, -0.25) is 14.3 Å². The van der Waals surface area contributed by atoms with E-state index in [1.807, 2.05) is 71.8 Å².